The van der Waals surface area contributed by atoms with Crippen molar-refractivity contribution in [2.75, 3.05) is 20.8 Å². The molecular weight excluding hydrogens is 374 g/mol. The second-order valence-electron chi connectivity index (χ2n) is 5.63. The first kappa shape index (κ1) is 20.3. The lowest BCUT2D eigenvalue weighted by Gasteiger charge is -2.14. The van der Waals surface area contributed by atoms with Crippen molar-refractivity contribution in [1.29, 1.82) is 0 Å². The monoisotopic (exact) mass is 394 g/mol. The molecule has 6 nitrogen and oxygen atoms in total. The molecule has 1 amide bonds. The van der Waals surface area contributed by atoms with Gasteiger partial charge in [0.15, 0.2) is 11.5 Å². The number of benzene rings is 1. The van der Waals surface area contributed by atoms with E-state index in [0.717, 1.165) is 5.56 Å². The number of amides is 1. The van der Waals surface area contributed by atoms with E-state index in [1.165, 1.54) is 11.8 Å². The number of methoxy groups -OCH3 is 2. The van der Waals surface area contributed by atoms with Crippen LogP contribution >= 0.6 is 24.0 Å². The van der Waals surface area contributed by atoms with Gasteiger partial charge in [-0.3, -0.25) is 9.69 Å². The summed E-state index contributed by atoms with van der Waals surface area (Å²) < 4.78 is 11.0. The smallest absolute Gasteiger partial charge is 0.266 e. The number of unbranched alkanes of at least 4 members (excludes halogenated alkanes) is 2. The summed E-state index contributed by atoms with van der Waals surface area (Å²) >= 11 is 6.56. The molecule has 1 heterocycles. The third kappa shape index (κ3) is 5.22. The molecule has 0 bridgehead atoms. The predicted molar refractivity (Wildman–Crippen MR) is 103 cm³/mol. The summed E-state index contributed by atoms with van der Waals surface area (Å²) in [5.74, 6) is 0.0292. The molecule has 0 unspecified atom stereocenters. The number of carboxylic acids is 1. The van der Waals surface area contributed by atoms with Gasteiger partial charge in [0.1, 0.15) is 4.32 Å². The molecule has 1 aliphatic rings. The van der Waals surface area contributed by atoms with Gasteiger partial charge in [-0.15, -0.1) is 0 Å². The van der Waals surface area contributed by atoms with Crippen LogP contribution in [0.15, 0.2) is 23.1 Å². The Labute approximate surface area is 162 Å². The minimum absolute atomic E-state index is 0.0393. The highest BCUT2D eigenvalue weighted by Gasteiger charge is 2.31. The molecule has 0 aliphatic carbocycles. The van der Waals surface area contributed by atoms with Gasteiger partial charge in [0.25, 0.3) is 5.91 Å². The van der Waals surface area contributed by atoms with Gasteiger partial charge in [-0.25, -0.2) is 0 Å². The largest absolute Gasteiger partial charge is 0.550 e. The number of carboxylic acid groups (broad SMARTS) is 1. The molecule has 1 saturated heterocycles. The third-order valence-corrected chi connectivity index (χ3v) is 5.22. The summed E-state index contributed by atoms with van der Waals surface area (Å²) in [6, 6.07) is 5.42. The first-order chi connectivity index (χ1) is 12.5. The van der Waals surface area contributed by atoms with Gasteiger partial charge >= 0.3 is 0 Å². The summed E-state index contributed by atoms with van der Waals surface area (Å²) in [5.41, 5.74) is 0.817. The van der Waals surface area contributed by atoms with Crippen molar-refractivity contribution in [2.45, 2.75) is 25.7 Å². The predicted octanol–water partition coefficient (Wildman–Crippen LogP) is 2.22. The van der Waals surface area contributed by atoms with Gasteiger partial charge in [-0.05, 0) is 43.0 Å². The minimum Gasteiger partial charge on any atom is -0.550 e. The van der Waals surface area contributed by atoms with E-state index >= 15 is 0 Å². The van der Waals surface area contributed by atoms with Crippen LogP contribution in [0.25, 0.3) is 6.08 Å². The van der Waals surface area contributed by atoms with E-state index in [1.807, 2.05) is 6.07 Å². The van der Waals surface area contributed by atoms with Crippen LogP contribution in [0.1, 0.15) is 31.2 Å². The van der Waals surface area contributed by atoms with Crippen molar-refractivity contribution in [3.8, 4) is 11.5 Å². The van der Waals surface area contributed by atoms with Crippen molar-refractivity contribution in [2.24, 2.45) is 0 Å². The molecule has 0 saturated carbocycles. The maximum atomic E-state index is 12.6. The number of rotatable bonds is 9. The lowest BCUT2D eigenvalue weighted by molar-refractivity contribution is -0.305. The van der Waals surface area contributed by atoms with Crippen LogP contribution in [-0.4, -0.2) is 41.9 Å². The van der Waals surface area contributed by atoms with Crippen LogP contribution < -0.4 is 14.6 Å². The van der Waals surface area contributed by atoms with E-state index in [1.54, 1.807) is 37.3 Å². The molecule has 0 radical (unpaired) electrons. The van der Waals surface area contributed by atoms with Crippen molar-refractivity contribution in [3.05, 3.63) is 28.7 Å². The van der Waals surface area contributed by atoms with E-state index in [2.05, 4.69) is 0 Å². The second kappa shape index (κ2) is 9.59. The lowest BCUT2D eigenvalue weighted by Crippen LogP contribution is -2.29. The Morgan fingerprint density at radius 1 is 1.23 bits per heavy atom. The number of aliphatic carboxylic acids is 1. The zero-order chi connectivity index (χ0) is 19.1. The number of hydrogen-bond acceptors (Lipinski definition) is 7. The normalized spacial score (nSPS) is 15.6. The summed E-state index contributed by atoms with van der Waals surface area (Å²) in [6.07, 6.45) is 3.76. The van der Waals surface area contributed by atoms with Gasteiger partial charge in [0, 0.05) is 12.5 Å². The standard InChI is InChI=1S/C18H21NO5S2/c1-23-13-8-7-12(10-14(13)24-2)11-15-17(22)19(18(25)26-15)9-5-3-4-6-16(20)21/h7-8,10-11H,3-6,9H2,1-2H3,(H,20,21)/p-1/b15-11-. The fourth-order valence-corrected chi connectivity index (χ4v) is 3.81. The van der Waals surface area contributed by atoms with Crippen molar-refractivity contribution < 1.29 is 24.2 Å². The van der Waals surface area contributed by atoms with Crippen molar-refractivity contribution in [3.63, 3.8) is 0 Å². The third-order valence-electron chi connectivity index (χ3n) is 3.84. The van der Waals surface area contributed by atoms with Gasteiger partial charge in [-0.1, -0.05) is 36.5 Å². The summed E-state index contributed by atoms with van der Waals surface area (Å²) in [6.45, 7) is 0.487. The van der Waals surface area contributed by atoms with Gasteiger partial charge in [0.2, 0.25) is 0 Å². The minimum atomic E-state index is -1.05. The Balaban J connectivity index is 2.01. The average Bonchev–Trinajstić information content (AvgIpc) is 2.88. The van der Waals surface area contributed by atoms with Crippen LogP contribution in [-0.2, 0) is 9.59 Å². The van der Waals surface area contributed by atoms with Crippen molar-refractivity contribution in [1.82, 2.24) is 4.90 Å². The van der Waals surface area contributed by atoms with Crippen LogP contribution in [0.3, 0.4) is 0 Å². The zero-order valence-corrected chi connectivity index (χ0v) is 16.3. The van der Waals surface area contributed by atoms with Crippen LogP contribution in [0.4, 0.5) is 0 Å². The molecular formula is C18H20NO5S2-. The quantitative estimate of drug-likeness (QED) is 0.361. The Morgan fingerprint density at radius 2 is 1.96 bits per heavy atom. The number of ether oxygens (including phenoxy) is 2. The second-order valence-corrected chi connectivity index (χ2v) is 7.31. The van der Waals surface area contributed by atoms with Crippen LogP contribution in [0.5, 0.6) is 11.5 Å². The van der Waals surface area contributed by atoms with Gasteiger partial charge < -0.3 is 19.4 Å². The number of carbonyl (C=O) groups is 2. The molecule has 1 aromatic rings. The summed E-state index contributed by atoms with van der Waals surface area (Å²) in [5, 5.41) is 10.4. The Bertz CT molecular complexity index is 732. The highest BCUT2D eigenvalue weighted by Crippen LogP contribution is 2.34. The van der Waals surface area contributed by atoms with Crippen molar-refractivity contribution >= 4 is 46.3 Å². The average molecular weight is 394 g/mol. The van der Waals surface area contributed by atoms with E-state index in [4.69, 9.17) is 21.7 Å². The number of thiocarbonyl (C=S) groups is 1. The van der Waals surface area contributed by atoms with Gasteiger partial charge in [-0.2, -0.15) is 0 Å². The highest BCUT2D eigenvalue weighted by atomic mass is 32.2. The first-order valence-corrected chi connectivity index (χ1v) is 9.36. The molecule has 140 valence electrons. The fourth-order valence-electron chi connectivity index (χ4n) is 2.50. The molecule has 0 atom stereocenters. The molecule has 26 heavy (non-hydrogen) atoms. The Kier molecular flexibility index (Phi) is 7.47. The molecule has 1 aliphatic heterocycles. The topological polar surface area (TPSA) is 78.9 Å². The zero-order valence-electron chi connectivity index (χ0n) is 14.6. The van der Waals surface area contributed by atoms with E-state index in [9.17, 15) is 14.7 Å². The molecule has 0 aromatic heterocycles. The summed E-state index contributed by atoms with van der Waals surface area (Å²) in [7, 11) is 3.12. The molecule has 1 aromatic carbocycles. The molecule has 0 spiro atoms. The fraction of sp³-hybridized carbons (Fsp3) is 0.389. The Morgan fingerprint density at radius 3 is 2.62 bits per heavy atom. The van der Waals surface area contributed by atoms with E-state index in [0.29, 0.717) is 46.5 Å². The molecule has 8 heteroatoms. The highest BCUT2D eigenvalue weighted by molar-refractivity contribution is 8.26. The van der Waals surface area contributed by atoms with E-state index < -0.39 is 5.97 Å². The van der Waals surface area contributed by atoms with E-state index in [-0.39, 0.29) is 12.3 Å². The number of thioether (sulfide) groups is 1. The summed E-state index contributed by atoms with van der Waals surface area (Å²) in [4.78, 5) is 25.1. The van der Waals surface area contributed by atoms with Crippen LogP contribution in [0.2, 0.25) is 0 Å². The number of carbonyl (C=O) groups excluding carboxylic acids is 2. The molecule has 2 rings (SSSR count). The van der Waals surface area contributed by atoms with Crippen LogP contribution in [0, 0.1) is 0 Å². The first-order valence-electron chi connectivity index (χ1n) is 8.13. The number of nitrogens with zero attached hydrogens (tertiary/aromatic N) is 1. The number of hydrogen-bond donors (Lipinski definition) is 0. The molecule has 0 N–H and O–H groups in total. The maximum Gasteiger partial charge on any atom is 0.266 e. The lowest BCUT2D eigenvalue weighted by atomic mass is 10.1. The Hall–Kier alpha value is -2.06. The molecule has 1 fully saturated rings. The van der Waals surface area contributed by atoms with Gasteiger partial charge in [0.05, 0.1) is 19.1 Å². The SMILES string of the molecule is COc1ccc(/C=C2\SC(=S)N(CCCCCC(=O)[O-])C2=O)cc1OC. The maximum absolute atomic E-state index is 12.6.